The molecule has 4 amide bonds. The molecule has 0 aromatic heterocycles. The summed E-state index contributed by atoms with van der Waals surface area (Å²) in [7, 11) is -4.89. The first-order chi connectivity index (χ1) is 13.0. The van der Waals surface area contributed by atoms with E-state index in [1.807, 2.05) is 0 Å². The first kappa shape index (κ1) is 20.3. The van der Waals surface area contributed by atoms with Crippen LogP contribution in [0.25, 0.3) is 0 Å². The van der Waals surface area contributed by atoms with Gasteiger partial charge in [0.1, 0.15) is 6.54 Å². The third-order valence-corrected chi connectivity index (χ3v) is 6.68. The standard InChI is InChI=1S/C16H18N2O9S/c19-12-7-11(28(25,26)27)15(22)17(12)18(13(20)5-6-14(18)21)8-9-1-3-10(4-2-9)16(23)24/h5-6,9-11H,1-4,7-8H2,(H-,23,24,25,26,27)/p+1. The molecular weight excluding hydrogens is 396 g/mol. The van der Waals surface area contributed by atoms with Crippen LogP contribution in [0.3, 0.4) is 0 Å². The van der Waals surface area contributed by atoms with E-state index < -0.39 is 61.9 Å². The van der Waals surface area contributed by atoms with Gasteiger partial charge in [0.2, 0.25) is 0 Å². The van der Waals surface area contributed by atoms with Crippen molar-refractivity contribution in [3.8, 4) is 0 Å². The molecule has 152 valence electrons. The zero-order valence-electron chi connectivity index (χ0n) is 14.7. The van der Waals surface area contributed by atoms with E-state index in [4.69, 9.17) is 5.11 Å². The Labute approximate surface area is 159 Å². The molecule has 2 heterocycles. The zero-order chi connectivity index (χ0) is 20.9. The molecule has 12 heteroatoms. The van der Waals surface area contributed by atoms with Gasteiger partial charge in [-0.3, -0.25) is 18.9 Å². The highest BCUT2D eigenvalue weighted by Crippen LogP contribution is 2.36. The molecule has 28 heavy (non-hydrogen) atoms. The van der Waals surface area contributed by atoms with Gasteiger partial charge in [-0.25, -0.2) is 9.59 Å². The minimum Gasteiger partial charge on any atom is -0.481 e. The topological polar surface area (TPSA) is 163 Å². The van der Waals surface area contributed by atoms with Crippen LogP contribution in [0.1, 0.15) is 32.1 Å². The number of hydrogen-bond donors (Lipinski definition) is 2. The first-order valence-electron chi connectivity index (χ1n) is 8.70. The number of quaternary nitrogens is 1. The molecule has 0 aromatic carbocycles. The van der Waals surface area contributed by atoms with Gasteiger partial charge in [-0.05, 0) is 25.7 Å². The number of nitrogens with zero attached hydrogens (tertiary/aromatic N) is 2. The fourth-order valence-corrected chi connectivity index (χ4v) is 4.81. The highest BCUT2D eigenvalue weighted by Gasteiger charge is 2.63. The van der Waals surface area contributed by atoms with Crippen LogP contribution in [0, 0.1) is 11.8 Å². The number of aliphatic carboxylic acids is 1. The second-order valence-electron chi connectivity index (χ2n) is 7.27. The number of hydrogen-bond acceptors (Lipinski definition) is 7. The minimum absolute atomic E-state index is 0.257. The lowest BCUT2D eigenvalue weighted by atomic mass is 9.81. The van der Waals surface area contributed by atoms with Crippen molar-refractivity contribution in [2.45, 2.75) is 37.4 Å². The lowest BCUT2D eigenvalue weighted by Crippen LogP contribution is -2.67. The van der Waals surface area contributed by atoms with Crippen molar-refractivity contribution in [2.24, 2.45) is 11.8 Å². The van der Waals surface area contributed by atoms with Gasteiger partial charge in [-0.15, -0.1) is 5.01 Å². The Kier molecular flexibility index (Phi) is 4.98. The Hall–Kier alpha value is -2.44. The maximum Gasteiger partial charge on any atom is 0.371 e. The van der Waals surface area contributed by atoms with Gasteiger partial charge in [-0.2, -0.15) is 8.42 Å². The maximum atomic E-state index is 12.6. The highest BCUT2D eigenvalue weighted by atomic mass is 32.2. The quantitative estimate of drug-likeness (QED) is 0.334. The van der Waals surface area contributed by atoms with E-state index in [0.717, 1.165) is 12.2 Å². The monoisotopic (exact) mass is 415 g/mol. The van der Waals surface area contributed by atoms with Crippen molar-refractivity contribution in [1.82, 2.24) is 5.01 Å². The molecule has 0 aromatic rings. The van der Waals surface area contributed by atoms with Gasteiger partial charge in [-0.1, -0.05) is 4.59 Å². The average molecular weight is 415 g/mol. The molecule has 2 aliphatic heterocycles. The summed E-state index contributed by atoms with van der Waals surface area (Å²) in [5.41, 5.74) is 0. The molecule has 11 nitrogen and oxygen atoms in total. The Bertz CT molecular complexity index is 881. The molecule has 1 aliphatic carbocycles. The van der Waals surface area contributed by atoms with Crippen molar-refractivity contribution in [3.05, 3.63) is 12.2 Å². The molecule has 1 atom stereocenters. The van der Waals surface area contributed by atoms with Crippen molar-refractivity contribution in [1.29, 1.82) is 0 Å². The summed E-state index contributed by atoms with van der Waals surface area (Å²) < 4.78 is 30.7. The minimum atomic E-state index is -4.89. The summed E-state index contributed by atoms with van der Waals surface area (Å²) in [6, 6.07) is 0. The van der Waals surface area contributed by atoms with Crippen LogP contribution in [0.15, 0.2) is 12.2 Å². The van der Waals surface area contributed by atoms with Gasteiger partial charge in [0.05, 0.1) is 24.5 Å². The van der Waals surface area contributed by atoms with Crippen LogP contribution >= 0.6 is 0 Å². The van der Waals surface area contributed by atoms with Gasteiger partial charge < -0.3 is 5.11 Å². The van der Waals surface area contributed by atoms with Crippen LogP contribution in [-0.2, 0) is 34.1 Å². The number of amides is 4. The summed E-state index contributed by atoms with van der Waals surface area (Å²) in [5, 5.41) is 7.37. The summed E-state index contributed by atoms with van der Waals surface area (Å²) in [5.74, 6) is -5.88. The number of carbonyl (C=O) groups is 5. The summed E-state index contributed by atoms with van der Waals surface area (Å²) in [4.78, 5) is 61.3. The number of rotatable bonds is 5. The fourth-order valence-electron chi connectivity index (χ4n) is 4.11. The van der Waals surface area contributed by atoms with Gasteiger partial charge in [0, 0.05) is 5.92 Å². The third kappa shape index (κ3) is 3.16. The summed E-state index contributed by atoms with van der Waals surface area (Å²) >= 11 is 0. The molecule has 0 radical (unpaired) electrons. The lowest BCUT2D eigenvalue weighted by Gasteiger charge is -2.37. The first-order valence-corrected chi connectivity index (χ1v) is 10.2. The molecule has 1 saturated carbocycles. The van der Waals surface area contributed by atoms with Crippen LogP contribution < -0.4 is 0 Å². The second-order valence-corrected chi connectivity index (χ2v) is 8.87. The third-order valence-electron chi connectivity index (χ3n) is 5.60. The van der Waals surface area contributed by atoms with E-state index in [9.17, 15) is 36.9 Å². The summed E-state index contributed by atoms with van der Waals surface area (Å²) in [6.07, 6.45) is 2.38. The summed E-state index contributed by atoms with van der Waals surface area (Å²) in [6.45, 7) is -0.257. The molecular formula is C16H19N2O9S+. The molecule has 1 unspecified atom stereocenters. The molecule has 3 rings (SSSR count). The molecule has 1 saturated heterocycles. The van der Waals surface area contributed by atoms with Gasteiger partial charge in [0.15, 0.2) is 5.25 Å². The molecule has 0 bridgehead atoms. The number of carboxylic acids is 1. The van der Waals surface area contributed by atoms with Gasteiger partial charge >= 0.3 is 17.8 Å². The van der Waals surface area contributed by atoms with Crippen molar-refractivity contribution >= 4 is 39.7 Å². The molecule has 2 fully saturated rings. The SMILES string of the molecule is O=C(O)C1CCC(C[N+]2(N3C(=O)CC(S(=O)(=O)O)C3=O)C(=O)C=CC2=O)CC1. The van der Waals surface area contributed by atoms with Crippen LogP contribution in [-0.4, -0.2) is 69.1 Å². The zero-order valence-corrected chi connectivity index (χ0v) is 15.5. The van der Waals surface area contributed by atoms with E-state index in [1.165, 1.54) is 0 Å². The predicted octanol–water partition coefficient (Wildman–Crippen LogP) is -0.752. The van der Waals surface area contributed by atoms with E-state index >= 15 is 0 Å². The maximum absolute atomic E-state index is 12.6. The lowest BCUT2D eigenvalue weighted by molar-refractivity contribution is -0.870. The molecule has 0 spiro atoms. The van der Waals surface area contributed by atoms with Crippen molar-refractivity contribution < 1.29 is 46.6 Å². The highest BCUT2D eigenvalue weighted by molar-refractivity contribution is 7.87. The Morgan fingerprint density at radius 1 is 1.07 bits per heavy atom. The van der Waals surface area contributed by atoms with E-state index in [0.29, 0.717) is 30.7 Å². The van der Waals surface area contributed by atoms with Crippen LogP contribution in [0.5, 0.6) is 0 Å². The van der Waals surface area contributed by atoms with Crippen molar-refractivity contribution in [3.63, 3.8) is 0 Å². The number of carbonyl (C=O) groups excluding carboxylic acids is 4. The Balaban J connectivity index is 1.92. The Morgan fingerprint density at radius 3 is 2.04 bits per heavy atom. The smallest absolute Gasteiger partial charge is 0.371 e. The molecule has 3 aliphatic rings. The largest absolute Gasteiger partial charge is 0.481 e. The van der Waals surface area contributed by atoms with Crippen LogP contribution in [0.2, 0.25) is 0 Å². The fraction of sp³-hybridized carbons (Fsp3) is 0.562. The van der Waals surface area contributed by atoms with Gasteiger partial charge in [0.25, 0.3) is 21.9 Å². The normalized spacial score (nSPS) is 30.3. The Morgan fingerprint density at radius 2 is 1.61 bits per heavy atom. The predicted molar refractivity (Wildman–Crippen MR) is 89.2 cm³/mol. The number of carboxylic acid groups (broad SMARTS) is 1. The van der Waals surface area contributed by atoms with E-state index in [-0.39, 0.29) is 12.5 Å². The molecule has 2 N–H and O–H groups in total. The number of imide groups is 2. The average Bonchev–Trinajstić information content (AvgIpc) is 3.06. The van der Waals surface area contributed by atoms with E-state index in [2.05, 4.69) is 0 Å². The second kappa shape index (κ2) is 6.87. The van der Waals surface area contributed by atoms with E-state index in [1.54, 1.807) is 0 Å². The van der Waals surface area contributed by atoms with Crippen LogP contribution in [0.4, 0.5) is 0 Å². The van der Waals surface area contributed by atoms with Crippen molar-refractivity contribution in [2.75, 3.05) is 6.54 Å².